The molecule has 1 atom stereocenters. The van der Waals surface area contributed by atoms with Gasteiger partial charge in [0.25, 0.3) is 0 Å². The van der Waals surface area contributed by atoms with Gasteiger partial charge in [-0.15, -0.1) is 11.3 Å². The van der Waals surface area contributed by atoms with Crippen LogP contribution in [0.5, 0.6) is 0 Å². The standard InChI is InChI=1S/C15H18BrN3S/c1-19(2)13-6-7-17-9-12(13)18-11-4-3-5-14-10(11)8-15(16)20-14/h6-9,11,18H,3-5H2,1-2H3. The number of nitrogens with one attached hydrogen (secondary N) is 1. The van der Waals surface area contributed by atoms with Gasteiger partial charge in [0, 0.05) is 25.2 Å². The Bertz CT molecular complexity index is 609. The third-order valence-corrected chi connectivity index (χ3v) is 5.41. The van der Waals surface area contributed by atoms with Gasteiger partial charge >= 0.3 is 0 Å². The van der Waals surface area contributed by atoms with E-state index in [9.17, 15) is 0 Å². The molecule has 0 aromatic carbocycles. The molecule has 0 amide bonds. The molecule has 0 spiro atoms. The van der Waals surface area contributed by atoms with Crippen LogP contribution in [0.2, 0.25) is 0 Å². The molecule has 106 valence electrons. The normalized spacial score (nSPS) is 17.6. The van der Waals surface area contributed by atoms with E-state index < -0.39 is 0 Å². The third-order valence-electron chi connectivity index (χ3n) is 3.69. The number of aromatic nitrogens is 1. The summed E-state index contributed by atoms with van der Waals surface area (Å²) in [6.45, 7) is 0. The van der Waals surface area contributed by atoms with Crippen molar-refractivity contribution in [1.82, 2.24) is 4.98 Å². The topological polar surface area (TPSA) is 28.2 Å². The fourth-order valence-corrected chi connectivity index (χ4v) is 4.57. The largest absolute Gasteiger partial charge is 0.376 e. The van der Waals surface area contributed by atoms with Crippen molar-refractivity contribution < 1.29 is 0 Å². The first-order valence-electron chi connectivity index (χ1n) is 6.81. The molecule has 0 bridgehead atoms. The highest BCUT2D eigenvalue weighted by Crippen LogP contribution is 2.40. The van der Waals surface area contributed by atoms with Crippen LogP contribution in [0.3, 0.4) is 0 Å². The van der Waals surface area contributed by atoms with Crippen molar-refractivity contribution in [2.45, 2.75) is 25.3 Å². The van der Waals surface area contributed by atoms with Crippen molar-refractivity contribution in [2.24, 2.45) is 0 Å². The molecule has 0 aliphatic heterocycles. The Kier molecular flexibility index (Phi) is 3.98. The van der Waals surface area contributed by atoms with E-state index in [1.54, 1.807) is 0 Å². The molecular weight excluding hydrogens is 334 g/mol. The molecular formula is C15H18BrN3S. The van der Waals surface area contributed by atoms with Gasteiger partial charge in [0.05, 0.1) is 27.4 Å². The Morgan fingerprint density at radius 2 is 2.30 bits per heavy atom. The van der Waals surface area contributed by atoms with E-state index in [1.165, 1.54) is 39.2 Å². The van der Waals surface area contributed by atoms with Gasteiger partial charge in [-0.1, -0.05) is 0 Å². The van der Waals surface area contributed by atoms with Crippen LogP contribution in [0.25, 0.3) is 0 Å². The fraction of sp³-hybridized carbons (Fsp3) is 0.400. The Morgan fingerprint density at radius 3 is 3.10 bits per heavy atom. The van der Waals surface area contributed by atoms with Crippen molar-refractivity contribution in [1.29, 1.82) is 0 Å². The van der Waals surface area contributed by atoms with Crippen molar-refractivity contribution >= 4 is 38.6 Å². The van der Waals surface area contributed by atoms with Crippen molar-refractivity contribution in [3.8, 4) is 0 Å². The van der Waals surface area contributed by atoms with E-state index in [0.29, 0.717) is 6.04 Å². The Labute approximate surface area is 132 Å². The highest BCUT2D eigenvalue weighted by atomic mass is 79.9. The molecule has 20 heavy (non-hydrogen) atoms. The first-order chi connectivity index (χ1) is 9.65. The van der Waals surface area contributed by atoms with Gasteiger partial charge in [0.15, 0.2) is 0 Å². The van der Waals surface area contributed by atoms with Crippen molar-refractivity contribution in [3.05, 3.63) is 38.8 Å². The van der Waals surface area contributed by atoms with E-state index in [4.69, 9.17) is 0 Å². The molecule has 0 saturated carbocycles. The first kappa shape index (κ1) is 13.9. The second-order valence-electron chi connectivity index (χ2n) is 5.31. The zero-order valence-electron chi connectivity index (χ0n) is 11.7. The summed E-state index contributed by atoms with van der Waals surface area (Å²) in [6.07, 6.45) is 7.39. The van der Waals surface area contributed by atoms with Gasteiger partial charge in [-0.3, -0.25) is 4.98 Å². The number of hydrogen-bond donors (Lipinski definition) is 1. The van der Waals surface area contributed by atoms with Crippen LogP contribution in [0, 0.1) is 0 Å². The zero-order chi connectivity index (χ0) is 14.1. The second kappa shape index (κ2) is 5.74. The third kappa shape index (κ3) is 2.69. The van der Waals surface area contributed by atoms with Crippen LogP contribution in [-0.2, 0) is 6.42 Å². The molecule has 1 unspecified atom stereocenters. The van der Waals surface area contributed by atoms with Crippen LogP contribution in [0.15, 0.2) is 28.3 Å². The van der Waals surface area contributed by atoms with Crippen LogP contribution >= 0.6 is 27.3 Å². The van der Waals surface area contributed by atoms with E-state index in [2.05, 4.69) is 57.4 Å². The lowest BCUT2D eigenvalue weighted by molar-refractivity contribution is 0.608. The maximum Gasteiger partial charge on any atom is 0.0769 e. The smallest absolute Gasteiger partial charge is 0.0769 e. The summed E-state index contributed by atoms with van der Waals surface area (Å²) in [5.74, 6) is 0. The zero-order valence-corrected chi connectivity index (χ0v) is 14.1. The summed E-state index contributed by atoms with van der Waals surface area (Å²) in [7, 11) is 4.13. The van der Waals surface area contributed by atoms with Crippen LogP contribution in [-0.4, -0.2) is 19.1 Å². The number of rotatable bonds is 3. The molecule has 1 aliphatic rings. The molecule has 1 aliphatic carbocycles. The van der Waals surface area contributed by atoms with Gasteiger partial charge in [-0.05, 0) is 52.9 Å². The van der Waals surface area contributed by atoms with E-state index in [-0.39, 0.29) is 0 Å². The average molecular weight is 352 g/mol. The highest BCUT2D eigenvalue weighted by molar-refractivity contribution is 9.11. The summed E-state index contributed by atoms with van der Waals surface area (Å²) < 4.78 is 1.23. The molecule has 2 heterocycles. The van der Waals surface area contributed by atoms with E-state index >= 15 is 0 Å². The maximum absolute atomic E-state index is 4.26. The quantitative estimate of drug-likeness (QED) is 0.884. The minimum Gasteiger partial charge on any atom is -0.376 e. The van der Waals surface area contributed by atoms with Gasteiger partial charge in [-0.2, -0.15) is 0 Å². The average Bonchev–Trinajstić information content (AvgIpc) is 2.80. The summed E-state index contributed by atoms with van der Waals surface area (Å²) in [4.78, 5) is 7.89. The maximum atomic E-state index is 4.26. The summed E-state index contributed by atoms with van der Waals surface area (Å²) in [5.41, 5.74) is 3.74. The number of thiophene rings is 1. The Balaban J connectivity index is 1.89. The monoisotopic (exact) mass is 351 g/mol. The van der Waals surface area contributed by atoms with Crippen LogP contribution < -0.4 is 10.2 Å². The number of pyridine rings is 1. The van der Waals surface area contributed by atoms with E-state index in [1.807, 2.05) is 23.7 Å². The van der Waals surface area contributed by atoms with Gasteiger partial charge in [0.2, 0.25) is 0 Å². The lowest BCUT2D eigenvalue weighted by Crippen LogP contribution is -2.18. The molecule has 1 N–H and O–H groups in total. The number of anilines is 2. The van der Waals surface area contributed by atoms with Crippen LogP contribution in [0.1, 0.15) is 29.3 Å². The summed E-state index contributed by atoms with van der Waals surface area (Å²) >= 11 is 5.48. The predicted molar refractivity (Wildman–Crippen MR) is 89.9 cm³/mol. The lowest BCUT2D eigenvalue weighted by atomic mass is 9.94. The van der Waals surface area contributed by atoms with Gasteiger partial charge in [0.1, 0.15) is 0 Å². The second-order valence-corrected chi connectivity index (χ2v) is 7.82. The van der Waals surface area contributed by atoms with E-state index in [0.717, 1.165) is 5.69 Å². The van der Waals surface area contributed by atoms with Crippen molar-refractivity contribution in [3.63, 3.8) is 0 Å². The molecule has 3 nitrogen and oxygen atoms in total. The van der Waals surface area contributed by atoms with Crippen LogP contribution in [0.4, 0.5) is 11.4 Å². The number of aryl methyl sites for hydroxylation is 1. The number of halogens is 1. The SMILES string of the molecule is CN(C)c1ccncc1NC1CCCc2sc(Br)cc21. The molecule has 0 saturated heterocycles. The minimum absolute atomic E-state index is 0.393. The number of nitrogens with zero attached hydrogens (tertiary/aromatic N) is 2. The Hall–Kier alpha value is -1.07. The fourth-order valence-electron chi connectivity index (χ4n) is 2.75. The molecule has 5 heteroatoms. The molecule has 2 aromatic heterocycles. The predicted octanol–water partition coefficient (Wildman–Crippen LogP) is 4.46. The lowest BCUT2D eigenvalue weighted by Gasteiger charge is -2.27. The molecule has 0 fully saturated rings. The van der Waals surface area contributed by atoms with Gasteiger partial charge < -0.3 is 10.2 Å². The van der Waals surface area contributed by atoms with Crippen molar-refractivity contribution in [2.75, 3.05) is 24.3 Å². The van der Waals surface area contributed by atoms with Gasteiger partial charge in [-0.25, -0.2) is 0 Å². The highest BCUT2D eigenvalue weighted by Gasteiger charge is 2.23. The number of fused-ring (bicyclic) bond motifs is 1. The summed E-state index contributed by atoms with van der Waals surface area (Å²) in [6, 6.07) is 4.71. The summed E-state index contributed by atoms with van der Waals surface area (Å²) in [5, 5.41) is 3.68. The molecule has 0 radical (unpaired) electrons. The number of hydrogen-bond acceptors (Lipinski definition) is 4. The first-order valence-corrected chi connectivity index (χ1v) is 8.42. The Morgan fingerprint density at radius 1 is 1.45 bits per heavy atom. The minimum atomic E-state index is 0.393. The molecule has 2 aromatic rings. The molecule has 3 rings (SSSR count).